The van der Waals surface area contributed by atoms with Gasteiger partial charge in [0.25, 0.3) is 5.91 Å². The molecule has 1 atom stereocenters. The summed E-state index contributed by atoms with van der Waals surface area (Å²) in [5.41, 5.74) is 7.35. The zero-order valence-electron chi connectivity index (χ0n) is 12.1. The Kier molecular flexibility index (Phi) is 3.80. The van der Waals surface area contributed by atoms with Crippen molar-refractivity contribution in [2.45, 2.75) is 18.9 Å². The second-order valence-corrected chi connectivity index (χ2v) is 5.39. The molecule has 4 nitrogen and oxygen atoms in total. The highest BCUT2D eigenvalue weighted by atomic mass is 19.1. The molecule has 0 heterocycles. The summed E-state index contributed by atoms with van der Waals surface area (Å²) in [4.78, 5) is 12.4. The molecule has 6 heteroatoms. The third kappa shape index (κ3) is 2.67. The number of rotatable bonds is 2. The molecule has 0 unspecified atom stereocenters. The predicted molar refractivity (Wildman–Crippen MR) is 80.7 cm³/mol. The van der Waals surface area contributed by atoms with Crippen LogP contribution in [0.15, 0.2) is 30.3 Å². The lowest BCUT2D eigenvalue weighted by molar-refractivity contribution is 0.102. The van der Waals surface area contributed by atoms with Gasteiger partial charge in [-0.2, -0.15) is 5.26 Å². The van der Waals surface area contributed by atoms with Crippen molar-refractivity contribution in [3.8, 4) is 6.07 Å². The van der Waals surface area contributed by atoms with Gasteiger partial charge in [0.2, 0.25) is 0 Å². The molecule has 23 heavy (non-hydrogen) atoms. The summed E-state index contributed by atoms with van der Waals surface area (Å²) in [6.07, 6.45) is 1.12. The van der Waals surface area contributed by atoms with Crippen LogP contribution in [0.4, 0.5) is 14.5 Å². The fourth-order valence-corrected chi connectivity index (χ4v) is 2.85. The molecule has 116 valence electrons. The minimum atomic E-state index is -0.654. The highest BCUT2D eigenvalue weighted by Gasteiger charge is 2.27. The molecule has 0 radical (unpaired) electrons. The van der Waals surface area contributed by atoms with Gasteiger partial charge in [0.15, 0.2) is 0 Å². The predicted octanol–water partition coefficient (Wildman–Crippen LogP) is 3.03. The van der Waals surface area contributed by atoms with Gasteiger partial charge in [-0.05, 0) is 48.7 Å². The third-order valence-electron chi connectivity index (χ3n) is 3.97. The molecule has 3 N–H and O–H groups in total. The number of fused-ring (bicyclic) bond motifs is 1. The number of hydrogen-bond acceptors (Lipinski definition) is 3. The highest BCUT2D eigenvalue weighted by molar-refractivity contribution is 6.05. The minimum absolute atomic E-state index is 0.158. The van der Waals surface area contributed by atoms with Crippen molar-refractivity contribution in [2.75, 3.05) is 5.32 Å². The first-order valence-corrected chi connectivity index (χ1v) is 7.09. The van der Waals surface area contributed by atoms with Crippen LogP contribution in [0, 0.1) is 23.0 Å². The second kappa shape index (κ2) is 5.78. The Labute approximate surface area is 131 Å². The summed E-state index contributed by atoms with van der Waals surface area (Å²) in [6.45, 7) is 0. The van der Waals surface area contributed by atoms with Crippen LogP contribution in [0.5, 0.6) is 0 Å². The summed E-state index contributed by atoms with van der Waals surface area (Å²) in [5.74, 6) is -1.50. The van der Waals surface area contributed by atoms with Gasteiger partial charge < -0.3 is 11.1 Å². The van der Waals surface area contributed by atoms with E-state index in [0.717, 1.165) is 6.07 Å². The van der Waals surface area contributed by atoms with Crippen LogP contribution in [0.1, 0.15) is 39.5 Å². The van der Waals surface area contributed by atoms with Gasteiger partial charge >= 0.3 is 0 Å². The van der Waals surface area contributed by atoms with Crippen molar-refractivity contribution < 1.29 is 13.6 Å². The van der Waals surface area contributed by atoms with E-state index in [0.29, 0.717) is 35.2 Å². The van der Waals surface area contributed by atoms with Crippen molar-refractivity contribution in [1.29, 1.82) is 5.26 Å². The number of carbonyl (C=O) groups is 1. The minimum Gasteiger partial charge on any atom is -0.324 e. The van der Waals surface area contributed by atoms with Gasteiger partial charge in [-0.15, -0.1) is 0 Å². The van der Waals surface area contributed by atoms with Crippen molar-refractivity contribution in [1.82, 2.24) is 0 Å². The lowest BCUT2D eigenvalue weighted by Gasteiger charge is -2.12. The molecule has 0 aromatic heterocycles. The third-order valence-corrected chi connectivity index (χ3v) is 3.97. The van der Waals surface area contributed by atoms with Gasteiger partial charge in [0.05, 0.1) is 5.56 Å². The van der Waals surface area contributed by atoms with Crippen LogP contribution in [-0.4, -0.2) is 5.91 Å². The molecular weight excluding hydrogens is 300 g/mol. The molecule has 0 saturated carbocycles. The van der Waals surface area contributed by atoms with E-state index in [1.165, 1.54) is 24.3 Å². The number of anilines is 1. The van der Waals surface area contributed by atoms with E-state index in [1.807, 2.05) is 0 Å². The number of nitrogens with zero attached hydrogens (tertiary/aromatic N) is 1. The molecule has 0 spiro atoms. The monoisotopic (exact) mass is 313 g/mol. The maximum Gasteiger partial charge on any atom is 0.255 e. The van der Waals surface area contributed by atoms with Crippen molar-refractivity contribution in [3.05, 3.63) is 64.2 Å². The molecule has 1 aliphatic carbocycles. The van der Waals surface area contributed by atoms with Gasteiger partial charge in [0, 0.05) is 22.9 Å². The first kappa shape index (κ1) is 15.1. The smallest absolute Gasteiger partial charge is 0.255 e. The molecular formula is C17H13F2N3O. The maximum atomic E-state index is 13.9. The summed E-state index contributed by atoms with van der Waals surface area (Å²) >= 11 is 0. The Bertz CT molecular complexity index is 842. The van der Waals surface area contributed by atoms with Crippen molar-refractivity contribution in [3.63, 3.8) is 0 Å². The second-order valence-electron chi connectivity index (χ2n) is 5.39. The molecule has 0 bridgehead atoms. The highest BCUT2D eigenvalue weighted by Crippen LogP contribution is 2.34. The van der Waals surface area contributed by atoms with Crippen LogP contribution in [0.3, 0.4) is 0 Å². The fraction of sp³-hybridized carbons (Fsp3) is 0.176. The van der Waals surface area contributed by atoms with E-state index in [9.17, 15) is 13.6 Å². The van der Waals surface area contributed by atoms with Crippen LogP contribution in [-0.2, 0) is 6.42 Å². The molecule has 1 amide bonds. The van der Waals surface area contributed by atoms with Crippen LogP contribution in [0.2, 0.25) is 0 Å². The molecule has 2 aromatic rings. The number of nitriles is 1. The van der Waals surface area contributed by atoms with E-state index in [-0.39, 0.29) is 5.56 Å². The zero-order valence-corrected chi connectivity index (χ0v) is 12.1. The lowest BCUT2D eigenvalue weighted by atomic mass is 10.0. The number of benzene rings is 2. The van der Waals surface area contributed by atoms with Crippen LogP contribution in [0.25, 0.3) is 0 Å². The maximum absolute atomic E-state index is 13.9. The number of nitrogens with two attached hydrogens (primary N) is 1. The molecule has 3 rings (SSSR count). The summed E-state index contributed by atoms with van der Waals surface area (Å²) < 4.78 is 27.2. The van der Waals surface area contributed by atoms with Crippen molar-refractivity contribution in [2.24, 2.45) is 5.73 Å². The molecule has 2 aromatic carbocycles. The Hall–Kier alpha value is -2.78. The van der Waals surface area contributed by atoms with E-state index in [4.69, 9.17) is 11.0 Å². The molecule has 0 aliphatic heterocycles. The molecule has 0 saturated heterocycles. The number of hydrogen-bond donors (Lipinski definition) is 2. The van der Waals surface area contributed by atoms with Crippen LogP contribution < -0.4 is 11.1 Å². The topological polar surface area (TPSA) is 78.9 Å². The van der Waals surface area contributed by atoms with Gasteiger partial charge in [-0.1, -0.05) is 0 Å². The van der Waals surface area contributed by atoms with Gasteiger partial charge in [-0.3, -0.25) is 4.79 Å². The Morgan fingerprint density at radius 1 is 1.26 bits per heavy atom. The van der Waals surface area contributed by atoms with E-state index >= 15 is 0 Å². The quantitative estimate of drug-likeness (QED) is 0.894. The summed E-state index contributed by atoms with van der Waals surface area (Å²) in [6, 6.07) is 7.67. The summed E-state index contributed by atoms with van der Waals surface area (Å²) in [7, 11) is 0. The Balaban J connectivity index is 1.92. The average Bonchev–Trinajstić information content (AvgIpc) is 2.92. The zero-order chi connectivity index (χ0) is 16.6. The number of halogens is 2. The van der Waals surface area contributed by atoms with Gasteiger partial charge in [0.1, 0.15) is 17.7 Å². The van der Waals surface area contributed by atoms with Gasteiger partial charge in [-0.25, -0.2) is 8.78 Å². The molecule has 1 aliphatic rings. The normalized spacial score (nSPS) is 15.8. The number of carbonyl (C=O) groups excluding carboxylic acids is 1. The number of nitrogens with one attached hydrogen (secondary N) is 1. The fourth-order valence-electron chi connectivity index (χ4n) is 2.85. The lowest BCUT2D eigenvalue weighted by Crippen LogP contribution is -2.16. The van der Waals surface area contributed by atoms with E-state index < -0.39 is 23.6 Å². The standard InChI is InChI=1S/C17H13F2N3O/c18-13-4-1-10(7-9(13)8-20)22-17(23)12-2-5-14(19)16-11(12)3-6-15(16)21/h1-2,4-5,7,15H,3,6,21H2,(H,22,23)/t15-/m0/s1. The van der Waals surface area contributed by atoms with Crippen molar-refractivity contribution >= 4 is 11.6 Å². The van der Waals surface area contributed by atoms with E-state index in [1.54, 1.807) is 6.07 Å². The van der Waals surface area contributed by atoms with Crippen LogP contribution >= 0.6 is 0 Å². The first-order valence-electron chi connectivity index (χ1n) is 7.09. The van der Waals surface area contributed by atoms with E-state index in [2.05, 4.69) is 5.32 Å². The Morgan fingerprint density at radius 2 is 2.00 bits per heavy atom. The summed E-state index contributed by atoms with van der Waals surface area (Å²) in [5, 5.41) is 11.4. The average molecular weight is 313 g/mol. The molecule has 0 fully saturated rings. The largest absolute Gasteiger partial charge is 0.324 e. The Morgan fingerprint density at radius 3 is 2.74 bits per heavy atom. The first-order chi connectivity index (χ1) is 11.0. The number of amides is 1. The SMILES string of the molecule is N#Cc1cc(NC(=O)c2ccc(F)c3c2CC[C@@H]3N)ccc1F.